The second kappa shape index (κ2) is 6.69. The zero-order chi connectivity index (χ0) is 17.0. The number of nitro groups is 1. The number of nitro benzene ring substituents is 1. The third kappa shape index (κ3) is 3.91. The van der Waals surface area contributed by atoms with E-state index in [9.17, 15) is 19.7 Å². The number of nitrogens with one attached hydrogen (secondary N) is 2. The van der Waals surface area contributed by atoms with Gasteiger partial charge in [-0.25, -0.2) is 0 Å². The van der Waals surface area contributed by atoms with Gasteiger partial charge >= 0.3 is 11.8 Å². The maximum atomic E-state index is 12.0. The van der Waals surface area contributed by atoms with Crippen LogP contribution in [0, 0.1) is 24.0 Å². The first kappa shape index (κ1) is 16.2. The molecule has 0 saturated heterocycles. The van der Waals surface area contributed by atoms with Crippen molar-refractivity contribution >= 4 is 28.9 Å². The Bertz CT molecular complexity index is 787. The second-order valence-electron chi connectivity index (χ2n) is 5.00. The minimum Gasteiger partial charge on any atom is -0.318 e. The van der Waals surface area contributed by atoms with E-state index in [4.69, 9.17) is 0 Å². The Morgan fingerprint density at radius 2 is 1.57 bits per heavy atom. The molecule has 2 amide bonds. The van der Waals surface area contributed by atoms with Crippen molar-refractivity contribution in [1.82, 2.24) is 0 Å². The first-order valence-electron chi connectivity index (χ1n) is 6.81. The van der Waals surface area contributed by atoms with E-state index in [-0.39, 0.29) is 11.4 Å². The fraction of sp³-hybridized carbons (Fsp3) is 0.125. The molecule has 118 valence electrons. The van der Waals surface area contributed by atoms with Gasteiger partial charge in [0.1, 0.15) is 5.69 Å². The number of hydrogen-bond acceptors (Lipinski definition) is 4. The first-order chi connectivity index (χ1) is 10.9. The Hall–Kier alpha value is -3.22. The number of rotatable bonds is 3. The van der Waals surface area contributed by atoms with Crippen LogP contribution in [0.25, 0.3) is 0 Å². The summed E-state index contributed by atoms with van der Waals surface area (Å²) in [5.41, 5.74) is 1.96. The van der Waals surface area contributed by atoms with Crippen molar-refractivity contribution in [1.29, 1.82) is 0 Å². The molecule has 2 aromatic rings. The lowest BCUT2D eigenvalue weighted by atomic mass is 10.1. The minimum absolute atomic E-state index is 0.0291. The zero-order valence-corrected chi connectivity index (χ0v) is 12.6. The molecule has 7 nitrogen and oxygen atoms in total. The van der Waals surface area contributed by atoms with Crippen LogP contribution in [0.2, 0.25) is 0 Å². The molecule has 7 heteroatoms. The fourth-order valence-electron chi connectivity index (χ4n) is 1.97. The topological polar surface area (TPSA) is 101 Å². The highest BCUT2D eigenvalue weighted by Gasteiger charge is 2.20. The highest BCUT2D eigenvalue weighted by Crippen LogP contribution is 2.23. The number of aryl methyl sites for hydroxylation is 2. The molecule has 0 aliphatic carbocycles. The molecule has 0 bridgehead atoms. The number of carbonyl (C=O) groups is 2. The van der Waals surface area contributed by atoms with Gasteiger partial charge in [-0.15, -0.1) is 0 Å². The average molecular weight is 313 g/mol. The van der Waals surface area contributed by atoms with E-state index < -0.39 is 16.7 Å². The van der Waals surface area contributed by atoms with Gasteiger partial charge in [-0.05, 0) is 37.1 Å². The van der Waals surface area contributed by atoms with Gasteiger partial charge in [0, 0.05) is 11.8 Å². The molecule has 0 saturated carbocycles. The molecule has 0 atom stereocenters. The molecule has 2 aromatic carbocycles. The highest BCUT2D eigenvalue weighted by atomic mass is 16.6. The summed E-state index contributed by atoms with van der Waals surface area (Å²) in [5.74, 6) is -1.86. The van der Waals surface area contributed by atoms with Crippen molar-refractivity contribution in [2.75, 3.05) is 10.6 Å². The summed E-state index contributed by atoms with van der Waals surface area (Å²) in [6, 6.07) is 11.1. The predicted molar refractivity (Wildman–Crippen MR) is 86.3 cm³/mol. The third-order valence-corrected chi connectivity index (χ3v) is 3.20. The van der Waals surface area contributed by atoms with Gasteiger partial charge in [0.05, 0.1) is 4.92 Å². The number of nitrogens with zero attached hydrogens (tertiary/aromatic N) is 1. The monoisotopic (exact) mass is 313 g/mol. The van der Waals surface area contributed by atoms with Crippen molar-refractivity contribution in [3.05, 3.63) is 63.7 Å². The van der Waals surface area contributed by atoms with E-state index in [2.05, 4.69) is 10.6 Å². The standard InChI is InChI=1S/C16H15N3O4/c1-10-7-8-11(2)13(9-10)18-16(21)15(20)17-12-5-3-4-6-14(12)19(22)23/h3-9H,1-2H3,(H,17,20)(H,18,21). The summed E-state index contributed by atoms with van der Waals surface area (Å²) >= 11 is 0. The SMILES string of the molecule is Cc1ccc(C)c(NC(=O)C(=O)Nc2ccccc2[N+](=O)[O-])c1. The largest absolute Gasteiger partial charge is 0.318 e. The van der Waals surface area contributed by atoms with Crippen LogP contribution in [0.4, 0.5) is 17.1 Å². The summed E-state index contributed by atoms with van der Waals surface area (Å²) < 4.78 is 0. The number of hydrogen-bond donors (Lipinski definition) is 2. The van der Waals surface area contributed by atoms with Crippen molar-refractivity contribution in [3.63, 3.8) is 0 Å². The Balaban J connectivity index is 2.14. The van der Waals surface area contributed by atoms with Gasteiger partial charge in [-0.3, -0.25) is 19.7 Å². The van der Waals surface area contributed by atoms with Gasteiger partial charge in [0.25, 0.3) is 5.69 Å². The Morgan fingerprint density at radius 3 is 2.22 bits per heavy atom. The first-order valence-corrected chi connectivity index (χ1v) is 6.81. The number of anilines is 2. The molecule has 0 unspecified atom stereocenters. The molecular weight excluding hydrogens is 298 g/mol. The zero-order valence-electron chi connectivity index (χ0n) is 12.6. The minimum atomic E-state index is -0.972. The van der Waals surface area contributed by atoms with Crippen LogP contribution in [0.3, 0.4) is 0 Å². The Morgan fingerprint density at radius 1 is 0.957 bits per heavy atom. The highest BCUT2D eigenvalue weighted by molar-refractivity contribution is 6.43. The molecule has 0 aromatic heterocycles. The normalized spacial score (nSPS) is 10.0. The van der Waals surface area contributed by atoms with E-state index in [0.717, 1.165) is 11.1 Å². The molecule has 0 heterocycles. The number of benzene rings is 2. The van der Waals surface area contributed by atoms with Crippen LogP contribution in [-0.4, -0.2) is 16.7 Å². The maximum Gasteiger partial charge on any atom is 0.314 e. The van der Waals surface area contributed by atoms with E-state index in [1.165, 1.54) is 24.3 Å². The van der Waals surface area contributed by atoms with Gasteiger partial charge in [0.2, 0.25) is 0 Å². The maximum absolute atomic E-state index is 12.0. The van der Waals surface area contributed by atoms with E-state index in [0.29, 0.717) is 5.69 Å². The average Bonchev–Trinajstić information content (AvgIpc) is 2.51. The van der Waals surface area contributed by atoms with Gasteiger partial charge in [-0.1, -0.05) is 24.3 Å². The lowest BCUT2D eigenvalue weighted by Crippen LogP contribution is -2.29. The second-order valence-corrected chi connectivity index (χ2v) is 5.00. The number of para-hydroxylation sites is 2. The summed E-state index contributed by atoms with van der Waals surface area (Å²) in [6.07, 6.45) is 0. The Kier molecular flexibility index (Phi) is 4.70. The van der Waals surface area contributed by atoms with Gasteiger partial charge in [-0.2, -0.15) is 0 Å². The fourth-order valence-corrected chi connectivity index (χ4v) is 1.97. The van der Waals surface area contributed by atoms with Crippen molar-refractivity contribution in [3.8, 4) is 0 Å². The van der Waals surface area contributed by atoms with E-state index >= 15 is 0 Å². The van der Waals surface area contributed by atoms with Crippen molar-refractivity contribution in [2.45, 2.75) is 13.8 Å². The summed E-state index contributed by atoms with van der Waals surface area (Å²) in [5, 5.41) is 15.7. The summed E-state index contributed by atoms with van der Waals surface area (Å²) in [6.45, 7) is 3.66. The molecule has 0 fully saturated rings. The van der Waals surface area contributed by atoms with Crippen LogP contribution in [0.5, 0.6) is 0 Å². The van der Waals surface area contributed by atoms with Gasteiger partial charge < -0.3 is 10.6 Å². The van der Waals surface area contributed by atoms with Crippen LogP contribution in [0.15, 0.2) is 42.5 Å². The third-order valence-electron chi connectivity index (χ3n) is 3.20. The van der Waals surface area contributed by atoms with Crippen LogP contribution < -0.4 is 10.6 Å². The lowest BCUT2D eigenvalue weighted by Gasteiger charge is -2.09. The summed E-state index contributed by atoms with van der Waals surface area (Å²) in [7, 11) is 0. The number of amides is 2. The van der Waals surface area contributed by atoms with Crippen LogP contribution >= 0.6 is 0 Å². The molecule has 0 aliphatic heterocycles. The summed E-state index contributed by atoms with van der Waals surface area (Å²) in [4.78, 5) is 34.2. The van der Waals surface area contributed by atoms with Crippen LogP contribution in [-0.2, 0) is 9.59 Å². The number of carbonyl (C=O) groups excluding carboxylic acids is 2. The molecule has 2 rings (SSSR count). The molecule has 0 radical (unpaired) electrons. The predicted octanol–water partition coefficient (Wildman–Crippen LogP) is 2.79. The molecule has 2 N–H and O–H groups in total. The van der Waals surface area contributed by atoms with E-state index in [1.807, 2.05) is 19.1 Å². The van der Waals surface area contributed by atoms with Crippen molar-refractivity contribution < 1.29 is 14.5 Å². The molecule has 0 aliphatic rings. The molecular formula is C16H15N3O4. The lowest BCUT2D eigenvalue weighted by molar-refractivity contribution is -0.383. The quantitative estimate of drug-likeness (QED) is 0.517. The van der Waals surface area contributed by atoms with Crippen molar-refractivity contribution in [2.24, 2.45) is 0 Å². The Labute approximate surface area is 132 Å². The molecule has 0 spiro atoms. The molecule has 23 heavy (non-hydrogen) atoms. The van der Waals surface area contributed by atoms with E-state index in [1.54, 1.807) is 13.0 Å². The smallest absolute Gasteiger partial charge is 0.314 e. The van der Waals surface area contributed by atoms with Gasteiger partial charge in [0.15, 0.2) is 0 Å². The van der Waals surface area contributed by atoms with Crippen LogP contribution in [0.1, 0.15) is 11.1 Å².